The molecule has 1 saturated carbocycles. The second-order valence-electron chi connectivity index (χ2n) is 7.19. The molecule has 2 N–H and O–H groups in total. The quantitative estimate of drug-likeness (QED) is 0.883. The molecule has 6 nitrogen and oxygen atoms in total. The normalized spacial score (nSPS) is 30.9. The van der Waals surface area contributed by atoms with Crippen LogP contribution in [0.1, 0.15) is 33.3 Å². The van der Waals surface area contributed by atoms with Crippen LogP contribution >= 0.6 is 0 Å². The molecule has 132 valence electrons. The third kappa shape index (κ3) is 2.24. The van der Waals surface area contributed by atoms with E-state index in [9.17, 15) is 15.0 Å². The van der Waals surface area contributed by atoms with E-state index >= 15 is 0 Å². The minimum Gasteiger partial charge on any atom is -0.396 e. The second-order valence-corrected chi connectivity index (χ2v) is 7.19. The van der Waals surface area contributed by atoms with E-state index in [0.29, 0.717) is 23.6 Å². The largest absolute Gasteiger partial charge is 0.396 e. The Morgan fingerprint density at radius 2 is 2.08 bits per heavy atom. The van der Waals surface area contributed by atoms with Gasteiger partial charge in [-0.15, -0.1) is 0 Å². The summed E-state index contributed by atoms with van der Waals surface area (Å²) in [7, 11) is 0. The van der Waals surface area contributed by atoms with Crippen molar-refractivity contribution < 1.29 is 19.5 Å². The van der Waals surface area contributed by atoms with Crippen molar-refractivity contribution in [3.8, 4) is 0 Å². The van der Waals surface area contributed by atoms with Crippen LogP contribution in [0.4, 0.5) is 0 Å². The Bertz CT molecular complexity index is 784. The van der Waals surface area contributed by atoms with Gasteiger partial charge in [-0.3, -0.25) is 4.79 Å². The van der Waals surface area contributed by atoms with E-state index in [4.69, 9.17) is 4.52 Å². The lowest BCUT2D eigenvalue weighted by atomic mass is 9.95. The van der Waals surface area contributed by atoms with Crippen molar-refractivity contribution in [2.75, 3.05) is 19.7 Å². The SMILES string of the molecule is Cc1noc(C)c1C(=O)N1C[C@@H](O)[C@@]2(C1)[C@H](CO)[C@H]2c1ccccc1. The fourth-order valence-corrected chi connectivity index (χ4v) is 4.67. The number of benzene rings is 1. The Morgan fingerprint density at radius 1 is 1.36 bits per heavy atom. The molecule has 1 spiro atoms. The van der Waals surface area contributed by atoms with E-state index in [1.54, 1.807) is 18.7 Å². The van der Waals surface area contributed by atoms with E-state index in [2.05, 4.69) is 5.16 Å². The van der Waals surface area contributed by atoms with Crippen LogP contribution in [0.3, 0.4) is 0 Å². The molecule has 1 amide bonds. The third-order valence-electron chi connectivity index (χ3n) is 5.93. The zero-order valence-corrected chi connectivity index (χ0v) is 14.3. The van der Waals surface area contributed by atoms with Crippen LogP contribution in [-0.2, 0) is 0 Å². The van der Waals surface area contributed by atoms with Crippen molar-refractivity contribution >= 4 is 5.91 Å². The van der Waals surface area contributed by atoms with Crippen molar-refractivity contribution in [3.05, 3.63) is 52.9 Å². The Kier molecular flexibility index (Phi) is 3.70. The Balaban J connectivity index is 1.62. The van der Waals surface area contributed by atoms with Gasteiger partial charge in [-0.1, -0.05) is 35.5 Å². The van der Waals surface area contributed by atoms with Crippen molar-refractivity contribution in [2.24, 2.45) is 11.3 Å². The summed E-state index contributed by atoms with van der Waals surface area (Å²) in [5, 5.41) is 24.5. The average molecular weight is 342 g/mol. The predicted molar refractivity (Wildman–Crippen MR) is 90.1 cm³/mol. The van der Waals surface area contributed by atoms with Crippen LogP contribution in [0.5, 0.6) is 0 Å². The number of aliphatic hydroxyl groups is 2. The van der Waals surface area contributed by atoms with E-state index in [-0.39, 0.29) is 30.9 Å². The number of hydrogen-bond acceptors (Lipinski definition) is 5. The molecule has 2 aliphatic rings. The highest BCUT2D eigenvalue weighted by Gasteiger charge is 2.71. The summed E-state index contributed by atoms with van der Waals surface area (Å²) in [5.74, 6) is 0.359. The predicted octanol–water partition coefficient (Wildman–Crippen LogP) is 1.50. The Labute approximate surface area is 146 Å². The molecule has 0 unspecified atom stereocenters. The fraction of sp³-hybridized carbons (Fsp3) is 0.474. The molecule has 0 radical (unpaired) electrons. The van der Waals surface area contributed by atoms with Crippen molar-refractivity contribution in [2.45, 2.75) is 25.9 Å². The van der Waals surface area contributed by atoms with Gasteiger partial charge in [0.1, 0.15) is 11.3 Å². The number of aromatic nitrogens is 1. The summed E-state index contributed by atoms with van der Waals surface area (Å²) < 4.78 is 5.10. The number of β-amino-alcohol motifs (C(OH)–C–C–N with tert-alkyl or cyclic N) is 1. The number of likely N-dealkylation sites (tertiary alicyclic amines) is 1. The van der Waals surface area contributed by atoms with Gasteiger partial charge in [0.05, 0.1) is 11.8 Å². The summed E-state index contributed by atoms with van der Waals surface area (Å²) in [4.78, 5) is 14.6. The van der Waals surface area contributed by atoms with Crippen LogP contribution in [0.2, 0.25) is 0 Å². The fourth-order valence-electron chi connectivity index (χ4n) is 4.67. The standard InChI is InChI=1S/C19H22N2O4/c1-11-16(12(2)25-20-11)18(24)21-8-15(23)19(10-21)14(9-22)17(19)13-6-4-3-5-7-13/h3-7,14-15,17,22-23H,8-10H2,1-2H3/t14-,15-,17-,19-/m1/s1. The molecule has 1 aromatic heterocycles. The summed E-state index contributed by atoms with van der Waals surface area (Å²) in [6.07, 6.45) is -0.653. The number of nitrogens with zero attached hydrogens (tertiary/aromatic N) is 2. The smallest absolute Gasteiger partial charge is 0.259 e. The lowest BCUT2D eigenvalue weighted by Gasteiger charge is -2.16. The average Bonchev–Trinajstić information content (AvgIpc) is 2.96. The number of carbonyl (C=O) groups excluding carboxylic acids is 1. The highest BCUT2D eigenvalue weighted by Crippen LogP contribution is 2.68. The minimum atomic E-state index is -0.653. The first-order valence-corrected chi connectivity index (χ1v) is 8.56. The topological polar surface area (TPSA) is 86.8 Å². The van der Waals surface area contributed by atoms with Crippen LogP contribution in [0.15, 0.2) is 34.9 Å². The monoisotopic (exact) mass is 342 g/mol. The van der Waals surface area contributed by atoms with Crippen molar-refractivity contribution in [3.63, 3.8) is 0 Å². The molecule has 0 bridgehead atoms. The van der Waals surface area contributed by atoms with Crippen LogP contribution in [0, 0.1) is 25.2 Å². The van der Waals surface area contributed by atoms with Gasteiger partial charge in [-0.25, -0.2) is 0 Å². The number of aliphatic hydroxyl groups excluding tert-OH is 2. The molecule has 1 saturated heterocycles. The van der Waals surface area contributed by atoms with Gasteiger partial charge in [0.25, 0.3) is 5.91 Å². The molecule has 1 aliphatic carbocycles. The van der Waals surface area contributed by atoms with Gasteiger partial charge < -0.3 is 19.6 Å². The molecular weight excluding hydrogens is 320 g/mol. The lowest BCUT2D eigenvalue weighted by Crippen LogP contribution is -2.30. The molecule has 1 aliphatic heterocycles. The zero-order valence-electron chi connectivity index (χ0n) is 14.3. The first kappa shape index (κ1) is 16.3. The molecule has 6 heteroatoms. The summed E-state index contributed by atoms with van der Waals surface area (Å²) in [6.45, 7) is 4.16. The first-order chi connectivity index (χ1) is 12.0. The second kappa shape index (κ2) is 5.68. The maximum Gasteiger partial charge on any atom is 0.259 e. The highest BCUT2D eigenvalue weighted by molar-refractivity contribution is 5.96. The van der Waals surface area contributed by atoms with Gasteiger partial charge in [-0.05, 0) is 31.2 Å². The van der Waals surface area contributed by atoms with Gasteiger partial charge >= 0.3 is 0 Å². The molecule has 2 fully saturated rings. The Hall–Kier alpha value is -2.18. The molecular formula is C19H22N2O4. The van der Waals surface area contributed by atoms with E-state index in [1.165, 1.54) is 0 Å². The summed E-state index contributed by atoms with van der Waals surface area (Å²) in [6, 6.07) is 9.92. The van der Waals surface area contributed by atoms with Gasteiger partial charge in [0.2, 0.25) is 0 Å². The van der Waals surface area contributed by atoms with E-state index in [1.807, 2.05) is 30.3 Å². The van der Waals surface area contributed by atoms with E-state index in [0.717, 1.165) is 5.56 Å². The number of rotatable bonds is 3. The van der Waals surface area contributed by atoms with Crippen LogP contribution in [0.25, 0.3) is 0 Å². The molecule has 4 rings (SSSR count). The minimum absolute atomic E-state index is 0.00394. The van der Waals surface area contributed by atoms with Crippen molar-refractivity contribution in [1.29, 1.82) is 0 Å². The van der Waals surface area contributed by atoms with Gasteiger partial charge in [0, 0.05) is 25.1 Å². The van der Waals surface area contributed by atoms with Gasteiger partial charge in [0.15, 0.2) is 0 Å². The maximum absolute atomic E-state index is 12.9. The number of amides is 1. The molecule has 2 heterocycles. The number of aryl methyl sites for hydroxylation is 2. The highest BCUT2D eigenvalue weighted by atomic mass is 16.5. The zero-order chi connectivity index (χ0) is 17.8. The number of hydrogen-bond donors (Lipinski definition) is 2. The Morgan fingerprint density at radius 3 is 2.68 bits per heavy atom. The molecule has 1 aromatic carbocycles. The molecule has 2 aromatic rings. The first-order valence-electron chi connectivity index (χ1n) is 8.56. The summed E-state index contributed by atoms with van der Waals surface area (Å²) >= 11 is 0. The summed E-state index contributed by atoms with van der Waals surface area (Å²) in [5.41, 5.74) is 1.67. The van der Waals surface area contributed by atoms with Crippen molar-refractivity contribution in [1.82, 2.24) is 10.1 Å². The molecule has 25 heavy (non-hydrogen) atoms. The lowest BCUT2D eigenvalue weighted by molar-refractivity contribution is 0.0761. The van der Waals surface area contributed by atoms with Crippen LogP contribution in [-0.4, -0.2) is 52.0 Å². The van der Waals surface area contributed by atoms with Crippen LogP contribution < -0.4 is 0 Å². The van der Waals surface area contributed by atoms with Gasteiger partial charge in [-0.2, -0.15) is 0 Å². The molecule has 4 atom stereocenters. The maximum atomic E-state index is 12.9. The number of carbonyl (C=O) groups is 1. The van der Waals surface area contributed by atoms with E-state index < -0.39 is 11.5 Å². The third-order valence-corrected chi connectivity index (χ3v) is 5.93.